The molecular weight excluding hydrogens is 304 g/mol. The van der Waals surface area contributed by atoms with Crippen molar-refractivity contribution in [3.63, 3.8) is 0 Å². The van der Waals surface area contributed by atoms with Crippen LogP contribution in [0.3, 0.4) is 0 Å². The Morgan fingerprint density at radius 3 is 2.55 bits per heavy atom. The lowest BCUT2D eigenvalue weighted by molar-refractivity contribution is -0.941. The van der Waals surface area contributed by atoms with Crippen LogP contribution in [0.5, 0.6) is 17.2 Å². The summed E-state index contributed by atoms with van der Waals surface area (Å²) in [6.07, 6.45) is 1.12. The van der Waals surface area contributed by atoms with Gasteiger partial charge in [-0.1, -0.05) is 0 Å². The van der Waals surface area contributed by atoms with Crippen LogP contribution in [0.25, 0.3) is 0 Å². The summed E-state index contributed by atoms with van der Waals surface area (Å²) in [7, 11) is 0. The third-order valence-corrected chi connectivity index (χ3v) is 5.06. The van der Waals surface area contributed by atoms with E-state index in [1.165, 1.54) is 50.3 Å². The van der Waals surface area contributed by atoms with Crippen LogP contribution in [0.2, 0.25) is 0 Å². The van der Waals surface area contributed by atoms with Crippen molar-refractivity contribution in [2.75, 3.05) is 59.2 Å². The number of hydrogen-bond acceptors (Lipinski definition) is 4. The van der Waals surface area contributed by atoms with E-state index in [9.17, 15) is 0 Å². The number of nitrogens with zero attached hydrogens (tertiary/aromatic N) is 2. The van der Waals surface area contributed by atoms with Gasteiger partial charge in [-0.25, -0.2) is 0 Å². The topological polar surface area (TPSA) is 30.9 Å². The van der Waals surface area contributed by atoms with E-state index in [2.05, 4.69) is 4.90 Å². The monoisotopic (exact) mass is 326 g/mol. The third-order valence-electron chi connectivity index (χ3n) is 5.06. The number of hydrogen-bond donors (Lipinski definition) is 0. The number of ether oxygens (including phenoxy) is 3. The SMILES string of the molecule is [Cl-].c1cc2c(cc1OCCC[N+]13CCN(CC1)CC3)OCO2. The first kappa shape index (κ1) is 15.7. The Morgan fingerprint density at radius 1 is 1.05 bits per heavy atom. The van der Waals surface area contributed by atoms with E-state index in [4.69, 9.17) is 14.2 Å². The number of fused-ring (bicyclic) bond motifs is 4. The average Bonchev–Trinajstić information content (AvgIpc) is 3.01. The lowest BCUT2D eigenvalue weighted by Crippen LogP contribution is -3.00. The highest BCUT2D eigenvalue weighted by molar-refractivity contribution is 5.46. The van der Waals surface area contributed by atoms with Gasteiger partial charge in [0.1, 0.15) is 5.75 Å². The summed E-state index contributed by atoms with van der Waals surface area (Å²) in [5.41, 5.74) is 0. The van der Waals surface area contributed by atoms with E-state index in [-0.39, 0.29) is 12.4 Å². The van der Waals surface area contributed by atoms with Gasteiger partial charge in [0.05, 0.1) is 32.8 Å². The van der Waals surface area contributed by atoms with Crippen LogP contribution < -0.4 is 26.6 Å². The van der Waals surface area contributed by atoms with Crippen LogP contribution in [0.15, 0.2) is 18.2 Å². The van der Waals surface area contributed by atoms with Crippen LogP contribution in [0, 0.1) is 0 Å². The quantitative estimate of drug-likeness (QED) is 0.478. The third kappa shape index (κ3) is 3.12. The molecule has 22 heavy (non-hydrogen) atoms. The molecule has 122 valence electrons. The van der Waals surface area contributed by atoms with E-state index in [0.29, 0.717) is 6.79 Å². The molecule has 5 nitrogen and oxygen atoms in total. The molecule has 0 aliphatic carbocycles. The maximum Gasteiger partial charge on any atom is 0.231 e. The first-order valence-corrected chi connectivity index (χ1v) is 7.93. The van der Waals surface area contributed by atoms with Crippen LogP contribution in [0.1, 0.15) is 6.42 Å². The molecule has 3 fully saturated rings. The first-order chi connectivity index (χ1) is 10.3. The molecule has 0 atom stereocenters. The fraction of sp³-hybridized carbons (Fsp3) is 0.625. The first-order valence-electron chi connectivity index (χ1n) is 7.93. The van der Waals surface area contributed by atoms with Crippen molar-refractivity contribution in [2.24, 2.45) is 0 Å². The van der Waals surface area contributed by atoms with Gasteiger partial charge in [-0.2, -0.15) is 0 Å². The predicted octanol–water partition coefficient (Wildman–Crippen LogP) is -1.67. The van der Waals surface area contributed by atoms with Crippen molar-refractivity contribution < 1.29 is 31.1 Å². The van der Waals surface area contributed by atoms with Crippen LogP contribution in [0.4, 0.5) is 0 Å². The molecule has 0 unspecified atom stereocenters. The maximum absolute atomic E-state index is 5.87. The summed E-state index contributed by atoms with van der Waals surface area (Å²) >= 11 is 0. The molecule has 2 bridgehead atoms. The minimum atomic E-state index is 0. The fourth-order valence-electron chi connectivity index (χ4n) is 3.62. The second-order valence-electron chi connectivity index (χ2n) is 6.29. The van der Waals surface area contributed by atoms with Gasteiger partial charge in [0.25, 0.3) is 0 Å². The molecule has 4 aliphatic rings. The molecule has 0 amide bonds. The highest BCUT2D eigenvalue weighted by Crippen LogP contribution is 2.35. The standard InChI is InChI=1S/C16H23N2O3.ClH/c1(7-18-8-4-17(5-9-18)6-10-18)11-19-14-2-3-15-16(12-14)21-13-20-15;/h2-3,12H,1,4-11,13H2;1H/q+1;/p-1. The Labute approximate surface area is 137 Å². The Bertz CT molecular complexity index is 504. The summed E-state index contributed by atoms with van der Waals surface area (Å²) in [5, 5.41) is 0. The molecule has 5 rings (SSSR count). The highest BCUT2D eigenvalue weighted by Gasteiger charge is 2.37. The van der Waals surface area contributed by atoms with Crippen molar-refractivity contribution in [1.29, 1.82) is 0 Å². The van der Waals surface area contributed by atoms with Gasteiger partial charge in [0.2, 0.25) is 6.79 Å². The molecule has 3 saturated heterocycles. The Hall–Kier alpha value is -1.17. The molecule has 0 radical (unpaired) electrons. The van der Waals surface area contributed by atoms with Gasteiger partial charge in [0.15, 0.2) is 11.5 Å². The summed E-state index contributed by atoms with van der Waals surface area (Å²) < 4.78 is 17.9. The zero-order valence-electron chi connectivity index (χ0n) is 12.8. The number of piperazine rings is 3. The van der Waals surface area contributed by atoms with Crippen molar-refractivity contribution in [3.8, 4) is 17.2 Å². The largest absolute Gasteiger partial charge is 1.00 e. The van der Waals surface area contributed by atoms with Gasteiger partial charge in [-0.05, 0) is 12.1 Å². The zero-order valence-corrected chi connectivity index (χ0v) is 13.6. The van der Waals surface area contributed by atoms with Crippen LogP contribution >= 0.6 is 0 Å². The molecule has 1 aromatic carbocycles. The van der Waals surface area contributed by atoms with Crippen LogP contribution in [-0.4, -0.2) is 68.6 Å². The predicted molar refractivity (Wildman–Crippen MR) is 78.8 cm³/mol. The van der Waals surface area contributed by atoms with Crippen molar-refractivity contribution in [2.45, 2.75) is 6.42 Å². The summed E-state index contributed by atoms with van der Waals surface area (Å²) in [4.78, 5) is 2.59. The molecule has 0 N–H and O–H groups in total. The molecule has 4 aliphatic heterocycles. The van der Waals surface area contributed by atoms with E-state index in [1.54, 1.807) is 0 Å². The summed E-state index contributed by atoms with van der Waals surface area (Å²) in [5.74, 6) is 2.48. The Balaban J connectivity index is 0.00000144. The second kappa shape index (κ2) is 6.52. The maximum atomic E-state index is 5.87. The Kier molecular flexibility index (Phi) is 4.66. The molecule has 4 heterocycles. The normalized spacial score (nSPS) is 28.3. The molecule has 1 aromatic rings. The average molecular weight is 327 g/mol. The van der Waals surface area contributed by atoms with E-state index < -0.39 is 0 Å². The number of quaternary nitrogens is 1. The lowest BCUT2D eigenvalue weighted by atomic mass is 10.1. The van der Waals surface area contributed by atoms with Gasteiger partial charge in [0, 0.05) is 32.1 Å². The minimum absolute atomic E-state index is 0. The van der Waals surface area contributed by atoms with E-state index in [1.807, 2.05) is 18.2 Å². The lowest BCUT2D eigenvalue weighted by Gasteiger charge is -2.50. The number of rotatable bonds is 5. The van der Waals surface area contributed by atoms with E-state index in [0.717, 1.165) is 30.3 Å². The fourth-order valence-corrected chi connectivity index (χ4v) is 3.62. The molecule has 0 saturated carbocycles. The van der Waals surface area contributed by atoms with Crippen molar-refractivity contribution in [3.05, 3.63) is 18.2 Å². The van der Waals surface area contributed by atoms with Crippen LogP contribution in [-0.2, 0) is 0 Å². The highest BCUT2D eigenvalue weighted by atomic mass is 35.5. The molecule has 0 aromatic heterocycles. The van der Waals surface area contributed by atoms with Crippen molar-refractivity contribution >= 4 is 0 Å². The Morgan fingerprint density at radius 2 is 1.77 bits per heavy atom. The zero-order chi connectivity index (χ0) is 14.1. The van der Waals surface area contributed by atoms with Gasteiger partial charge < -0.3 is 31.1 Å². The smallest absolute Gasteiger partial charge is 0.231 e. The minimum Gasteiger partial charge on any atom is -1.00 e. The second-order valence-corrected chi connectivity index (χ2v) is 6.29. The molecule has 0 spiro atoms. The number of benzene rings is 1. The van der Waals surface area contributed by atoms with Gasteiger partial charge in [-0.3, -0.25) is 4.90 Å². The molecular formula is C16H23ClN2O3. The van der Waals surface area contributed by atoms with Gasteiger partial charge >= 0.3 is 0 Å². The number of halogens is 1. The van der Waals surface area contributed by atoms with Crippen molar-refractivity contribution in [1.82, 2.24) is 4.90 Å². The van der Waals surface area contributed by atoms with E-state index >= 15 is 0 Å². The summed E-state index contributed by atoms with van der Waals surface area (Å²) in [6, 6.07) is 5.80. The summed E-state index contributed by atoms with van der Waals surface area (Å²) in [6.45, 7) is 10.2. The molecule has 6 heteroatoms. The van der Waals surface area contributed by atoms with Gasteiger partial charge in [-0.15, -0.1) is 0 Å².